The van der Waals surface area contributed by atoms with E-state index in [9.17, 15) is 4.79 Å². The molecule has 0 atom stereocenters. The molecule has 1 fully saturated rings. The minimum Gasteiger partial charge on any atom is -0.467 e. The number of hydrogen-bond donors (Lipinski definition) is 1. The molecule has 1 N–H and O–H groups in total. The molecule has 1 amide bonds. The van der Waals surface area contributed by atoms with Crippen LogP contribution in [0.3, 0.4) is 0 Å². The van der Waals surface area contributed by atoms with Gasteiger partial charge < -0.3 is 15.0 Å². The average molecular weight is 361 g/mol. The minimum absolute atomic E-state index is 0.00472. The molecule has 0 spiro atoms. The summed E-state index contributed by atoms with van der Waals surface area (Å²) in [6.45, 7) is 4.24. The number of thiophene rings is 1. The van der Waals surface area contributed by atoms with Crippen molar-refractivity contribution in [2.45, 2.75) is 39.2 Å². The van der Waals surface area contributed by atoms with Gasteiger partial charge in [-0.05, 0) is 43.2 Å². The van der Waals surface area contributed by atoms with E-state index in [0.717, 1.165) is 32.4 Å². The van der Waals surface area contributed by atoms with Gasteiger partial charge in [0.25, 0.3) is 0 Å². The summed E-state index contributed by atoms with van der Waals surface area (Å²) in [5, 5.41) is 4.94. The van der Waals surface area contributed by atoms with Crippen LogP contribution in [0.2, 0.25) is 0 Å². The summed E-state index contributed by atoms with van der Waals surface area (Å²) < 4.78 is 5.17. The Kier molecular flexibility index (Phi) is 5.80. The quantitative estimate of drug-likeness (QED) is 0.813. The number of carbonyl (C=O) groups is 1. The highest BCUT2D eigenvalue weighted by Gasteiger charge is 2.18. The van der Waals surface area contributed by atoms with Gasteiger partial charge in [-0.1, -0.05) is 0 Å². The van der Waals surface area contributed by atoms with Gasteiger partial charge in [-0.15, -0.1) is 11.3 Å². The molecule has 8 heteroatoms. The predicted octanol–water partition coefficient (Wildman–Crippen LogP) is 2.10. The van der Waals surface area contributed by atoms with E-state index in [-0.39, 0.29) is 18.5 Å². The highest BCUT2D eigenvalue weighted by Crippen LogP contribution is 2.18. The van der Waals surface area contributed by atoms with E-state index in [1.165, 1.54) is 17.6 Å². The first-order valence-electron chi connectivity index (χ1n) is 8.49. The third-order valence-electron chi connectivity index (χ3n) is 4.21. The zero-order chi connectivity index (χ0) is 17.6. The normalized spacial score (nSPS) is 13.9. The van der Waals surface area contributed by atoms with E-state index in [1.807, 2.05) is 0 Å². The van der Waals surface area contributed by atoms with E-state index in [4.69, 9.17) is 4.74 Å². The predicted molar refractivity (Wildman–Crippen MR) is 97.0 cm³/mol. The molecule has 7 nitrogen and oxygen atoms in total. The molecule has 0 aromatic carbocycles. The summed E-state index contributed by atoms with van der Waals surface area (Å²) >= 11 is 1.69. The number of hydrogen-bond acceptors (Lipinski definition) is 7. The number of amides is 1. The first kappa shape index (κ1) is 17.6. The van der Waals surface area contributed by atoms with Crippen LogP contribution in [0.5, 0.6) is 6.01 Å². The van der Waals surface area contributed by atoms with Crippen molar-refractivity contribution in [3.63, 3.8) is 0 Å². The molecular formula is C17H23N5O2S. The SMILES string of the molecule is COc1nc(CNC(=O)CCc2sccc2C)nc(N2CCCC2)n1. The summed E-state index contributed by atoms with van der Waals surface area (Å²) in [7, 11) is 1.54. The molecule has 134 valence electrons. The number of ether oxygens (including phenoxy) is 1. The molecular weight excluding hydrogens is 338 g/mol. The van der Waals surface area contributed by atoms with Crippen molar-refractivity contribution in [3.05, 3.63) is 27.7 Å². The van der Waals surface area contributed by atoms with E-state index >= 15 is 0 Å². The standard InChI is InChI=1S/C17H23N5O2S/c1-12-7-10-25-13(12)5-6-15(23)18-11-14-19-16(21-17(20-14)24-2)22-8-3-4-9-22/h7,10H,3-6,8-9,11H2,1-2H3,(H,18,23). The number of rotatable bonds is 7. The lowest BCUT2D eigenvalue weighted by molar-refractivity contribution is -0.121. The number of anilines is 1. The van der Waals surface area contributed by atoms with Crippen LogP contribution in [0, 0.1) is 6.92 Å². The maximum atomic E-state index is 12.1. The Hall–Kier alpha value is -2.22. The topological polar surface area (TPSA) is 80.2 Å². The fourth-order valence-electron chi connectivity index (χ4n) is 2.77. The van der Waals surface area contributed by atoms with Crippen molar-refractivity contribution in [1.29, 1.82) is 0 Å². The molecule has 3 rings (SSSR count). The van der Waals surface area contributed by atoms with Crippen molar-refractivity contribution < 1.29 is 9.53 Å². The first-order chi connectivity index (χ1) is 12.2. The maximum absolute atomic E-state index is 12.1. The Morgan fingerprint density at radius 2 is 2.12 bits per heavy atom. The van der Waals surface area contributed by atoms with Crippen molar-refractivity contribution in [3.8, 4) is 6.01 Å². The molecule has 0 bridgehead atoms. The first-order valence-corrected chi connectivity index (χ1v) is 9.37. The zero-order valence-corrected chi connectivity index (χ0v) is 15.4. The van der Waals surface area contributed by atoms with Crippen molar-refractivity contribution in [2.75, 3.05) is 25.1 Å². The highest BCUT2D eigenvalue weighted by molar-refractivity contribution is 7.10. The van der Waals surface area contributed by atoms with Crippen molar-refractivity contribution in [1.82, 2.24) is 20.3 Å². The number of carbonyl (C=O) groups excluding carboxylic acids is 1. The van der Waals surface area contributed by atoms with E-state index in [0.29, 0.717) is 18.2 Å². The summed E-state index contributed by atoms with van der Waals surface area (Å²) in [5.74, 6) is 1.15. The van der Waals surface area contributed by atoms with Crippen LogP contribution >= 0.6 is 11.3 Å². The molecule has 3 heterocycles. The molecule has 2 aromatic heterocycles. The second-order valence-electron chi connectivity index (χ2n) is 6.04. The van der Waals surface area contributed by atoms with E-state index in [1.54, 1.807) is 11.3 Å². The second kappa shape index (κ2) is 8.24. The van der Waals surface area contributed by atoms with Gasteiger partial charge in [-0.25, -0.2) is 0 Å². The molecule has 0 saturated carbocycles. The highest BCUT2D eigenvalue weighted by atomic mass is 32.1. The zero-order valence-electron chi connectivity index (χ0n) is 14.6. The van der Waals surface area contributed by atoms with Crippen LogP contribution in [0.15, 0.2) is 11.4 Å². The molecule has 0 radical (unpaired) electrons. The molecule has 0 unspecified atom stereocenters. The Morgan fingerprint density at radius 1 is 1.32 bits per heavy atom. The molecule has 1 saturated heterocycles. The Bertz CT molecular complexity index is 728. The van der Waals surface area contributed by atoms with Gasteiger partial charge >= 0.3 is 6.01 Å². The number of nitrogens with zero attached hydrogens (tertiary/aromatic N) is 4. The molecule has 1 aliphatic rings. The monoisotopic (exact) mass is 361 g/mol. The third kappa shape index (κ3) is 4.66. The number of aryl methyl sites for hydroxylation is 2. The number of methoxy groups -OCH3 is 1. The van der Waals surface area contributed by atoms with Gasteiger partial charge in [0.1, 0.15) is 0 Å². The van der Waals surface area contributed by atoms with Crippen LogP contribution in [0.25, 0.3) is 0 Å². The van der Waals surface area contributed by atoms with Gasteiger partial charge in [0.2, 0.25) is 11.9 Å². The van der Waals surface area contributed by atoms with Crippen LogP contribution in [0.1, 0.15) is 35.5 Å². The lowest BCUT2D eigenvalue weighted by Crippen LogP contribution is -2.26. The molecule has 1 aliphatic heterocycles. The Labute approximate surface area is 151 Å². The number of aromatic nitrogens is 3. The molecule has 0 aliphatic carbocycles. The fourth-order valence-corrected chi connectivity index (χ4v) is 3.68. The van der Waals surface area contributed by atoms with Gasteiger partial charge in [0.05, 0.1) is 13.7 Å². The average Bonchev–Trinajstić information content (AvgIpc) is 3.29. The van der Waals surface area contributed by atoms with Gasteiger partial charge in [0, 0.05) is 24.4 Å². The summed E-state index contributed by atoms with van der Waals surface area (Å²) in [4.78, 5) is 28.5. The number of nitrogens with one attached hydrogen (secondary N) is 1. The lowest BCUT2D eigenvalue weighted by atomic mass is 10.2. The largest absolute Gasteiger partial charge is 0.467 e. The van der Waals surface area contributed by atoms with E-state index < -0.39 is 0 Å². The smallest absolute Gasteiger partial charge is 0.321 e. The van der Waals surface area contributed by atoms with Gasteiger partial charge in [-0.2, -0.15) is 15.0 Å². The fraction of sp³-hybridized carbons (Fsp3) is 0.529. The van der Waals surface area contributed by atoms with Crippen LogP contribution < -0.4 is 15.0 Å². The summed E-state index contributed by atoms with van der Waals surface area (Å²) in [6, 6.07) is 2.37. The summed E-state index contributed by atoms with van der Waals surface area (Å²) in [5.41, 5.74) is 1.25. The van der Waals surface area contributed by atoms with Crippen LogP contribution in [-0.2, 0) is 17.8 Å². The minimum atomic E-state index is -0.00472. The van der Waals surface area contributed by atoms with Gasteiger partial charge in [0.15, 0.2) is 5.82 Å². The van der Waals surface area contributed by atoms with Crippen LogP contribution in [-0.4, -0.2) is 41.1 Å². The van der Waals surface area contributed by atoms with Gasteiger partial charge in [-0.3, -0.25) is 4.79 Å². The van der Waals surface area contributed by atoms with Crippen molar-refractivity contribution in [2.24, 2.45) is 0 Å². The molecule has 2 aromatic rings. The maximum Gasteiger partial charge on any atom is 0.321 e. The summed E-state index contributed by atoms with van der Waals surface area (Å²) in [6.07, 6.45) is 3.50. The Balaban J connectivity index is 1.57. The van der Waals surface area contributed by atoms with Crippen LogP contribution in [0.4, 0.5) is 5.95 Å². The third-order valence-corrected chi connectivity index (χ3v) is 5.29. The molecule has 25 heavy (non-hydrogen) atoms. The second-order valence-corrected chi connectivity index (χ2v) is 7.04. The lowest BCUT2D eigenvalue weighted by Gasteiger charge is -2.16. The van der Waals surface area contributed by atoms with E-state index in [2.05, 4.69) is 43.5 Å². The Morgan fingerprint density at radius 3 is 2.80 bits per heavy atom. The van der Waals surface area contributed by atoms with Crippen molar-refractivity contribution >= 4 is 23.2 Å².